The molecule has 0 radical (unpaired) electrons. The van der Waals surface area contributed by atoms with Gasteiger partial charge in [-0.2, -0.15) is 0 Å². The molecule has 0 aromatic heterocycles. The summed E-state index contributed by atoms with van der Waals surface area (Å²) in [5.41, 5.74) is 1.92. The molecule has 0 saturated heterocycles. The first-order valence-electron chi connectivity index (χ1n) is 7.34. The lowest BCUT2D eigenvalue weighted by Gasteiger charge is -2.27. The van der Waals surface area contributed by atoms with Crippen LogP contribution in [0.1, 0.15) is 37.7 Å². The average molecular weight is 360 g/mol. The molecule has 0 aliphatic heterocycles. The molecule has 1 amide bonds. The number of carbonyl (C=O) groups is 1. The number of amides is 1. The third-order valence-corrected chi connectivity index (χ3v) is 4.44. The number of alkyl halides is 3. The van der Waals surface area contributed by atoms with Crippen molar-refractivity contribution >= 4 is 27.5 Å². The van der Waals surface area contributed by atoms with Crippen LogP contribution >= 0.6 is 15.9 Å². The van der Waals surface area contributed by atoms with Crippen LogP contribution in [0, 0.1) is 5.92 Å². The lowest BCUT2D eigenvalue weighted by Crippen LogP contribution is -2.31. The van der Waals surface area contributed by atoms with E-state index in [1.54, 1.807) is 0 Å². The van der Waals surface area contributed by atoms with Crippen LogP contribution in [0.25, 0.3) is 0 Å². The predicted octanol–water partition coefficient (Wildman–Crippen LogP) is 4.78. The quantitative estimate of drug-likeness (QED) is 0.753. The van der Waals surface area contributed by atoms with Gasteiger partial charge in [-0.15, -0.1) is 0 Å². The molecule has 2 nitrogen and oxygen atoms in total. The van der Waals surface area contributed by atoms with Crippen molar-refractivity contribution < 1.29 is 13.6 Å². The third kappa shape index (κ3) is 5.06. The Bertz CT molecular complexity index is 483. The Morgan fingerprint density at radius 2 is 2.05 bits per heavy atom. The van der Waals surface area contributed by atoms with E-state index in [-0.39, 0.29) is 37.5 Å². The molecule has 21 heavy (non-hydrogen) atoms. The molecular formula is C16H20BrF2NO. The Kier molecular flexibility index (Phi) is 5.73. The second-order valence-electron chi connectivity index (χ2n) is 5.61. The van der Waals surface area contributed by atoms with Gasteiger partial charge in [-0.3, -0.25) is 4.79 Å². The van der Waals surface area contributed by atoms with Gasteiger partial charge in [-0.25, -0.2) is 8.78 Å². The van der Waals surface area contributed by atoms with Crippen molar-refractivity contribution in [3.8, 4) is 0 Å². The maximum Gasteiger partial charge on any atom is 0.248 e. The largest absolute Gasteiger partial charge is 0.326 e. The summed E-state index contributed by atoms with van der Waals surface area (Å²) in [6, 6.07) is 7.73. The van der Waals surface area contributed by atoms with E-state index in [0.717, 1.165) is 23.9 Å². The fourth-order valence-electron chi connectivity index (χ4n) is 2.62. The minimum absolute atomic E-state index is 0.136. The Hall–Kier alpha value is -0.970. The number of halogens is 3. The van der Waals surface area contributed by atoms with Crippen LogP contribution in [0.3, 0.4) is 0 Å². The van der Waals surface area contributed by atoms with Gasteiger partial charge in [-0.05, 0) is 43.4 Å². The van der Waals surface area contributed by atoms with E-state index in [2.05, 4.69) is 21.2 Å². The summed E-state index contributed by atoms with van der Waals surface area (Å²) >= 11 is 3.40. The van der Waals surface area contributed by atoms with Crippen LogP contribution in [0.4, 0.5) is 14.5 Å². The minimum atomic E-state index is -2.59. The topological polar surface area (TPSA) is 29.1 Å². The molecule has 0 bridgehead atoms. The van der Waals surface area contributed by atoms with Gasteiger partial charge in [0.05, 0.1) is 0 Å². The van der Waals surface area contributed by atoms with Gasteiger partial charge in [0.2, 0.25) is 11.8 Å². The fourth-order valence-corrected chi connectivity index (χ4v) is 2.90. The number of hydrogen-bond acceptors (Lipinski definition) is 1. The van der Waals surface area contributed by atoms with E-state index in [1.807, 2.05) is 24.3 Å². The van der Waals surface area contributed by atoms with Gasteiger partial charge >= 0.3 is 0 Å². The molecule has 0 heterocycles. The van der Waals surface area contributed by atoms with Crippen LogP contribution < -0.4 is 5.32 Å². The molecule has 1 aromatic carbocycles. The molecule has 0 spiro atoms. The standard InChI is InChI=1S/C16H20BrF2NO/c17-10-2-4-12-3-1-5-14(11-12)20-15(21)13-6-8-16(18,19)9-7-13/h1,3,5,11,13H,2,4,6-10H2,(H,20,21). The Morgan fingerprint density at radius 1 is 1.33 bits per heavy atom. The SMILES string of the molecule is O=C(Nc1cccc(CCCBr)c1)C1CCC(F)(F)CC1. The lowest BCUT2D eigenvalue weighted by molar-refractivity contribution is -0.124. The first-order valence-corrected chi connectivity index (χ1v) is 8.46. The Labute approximate surface area is 132 Å². The molecule has 1 fully saturated rings. The zero-order valence-electron chi connectivity index (χ0n) is 11.9. The minimum Gasteiger partial charge on any atom is -0.326 e. The van der Waals surface area contributed by atoms with E-state index in [9.17, 15) is 13.6 Å². The summed E-state index contributed by atoms with van der Waals surface area (Å²) in [5.74, 6) is -3.02. The van der Waals surface area contributed by atoms with Gasteiger partial charge in [0.25, 0.3) is 0 Å². The van der Waals surface area contributed by atoms with E-state index < -0.39 is 5.92 Å². The maximum atomic E-state index is 13.1. The summed E-state index contributed by atoms with van der Waals surface area (Å²) in [5, 5.41) is 3.80. The summed E-state index contributed by atoms with van der Waals surface area (Å²) in [7, 11) is 0. The molecule has 0 atom stereocenters. The van der Waals surface area contributed by atoms with Gasteiger partial charge in [0.15, 0.2) is 0 Å². The van der Waals surface area contributed by atoms with Gasteiger partial charge in [-0.1, -0.05) is 28.1 Å². The highest BCUT2D eigenvalue weighted by Gasteiger charge is 2.37. The van der Waals surface area contributed by atoms with Gasteiger partial charge in [0.1, 0.15) is 0 Å². The average Bonchev–Trinajstić information content (AvgIpc) is 2.45. The fraction of sp³-hybridized carbons (Fsp3) is 0.562. The number of anilines is 1. The number of hydrogen-bond donors (Lipinski definition) is 1. The third-order valence-electron chi connectivity index (χ3n) is 3.88. The second kappa shape index (κ2) is 7.34. The normalized spacial score (nSPS) is 18.4. The van der Waals surface area contributed by atoms with Crippen molar-refractivity contribution in [3.63, 3.8) is 0 Å². The van der Waals surface area contributed by atoms with E-state index >= 15 is 0 Å². The van der Waals surface area contributed by atoms with Crippen molar-refractivity contribution in [2.45, 2.75) is 44.4 Å². The van der Waals surface area contributed by atoms with Crippen molar-refractivity contribution in [1.82, 2.24) is 0 Å². The molecule has 5 heteroatoms. The van der Waals surface area contributed by atoms with Crippen molar-refractivity contribution in [1.29, 1.82) is 0 Å². The molecule has 0 unspecified atom stereocenters. The highest BCUT2D eigenvalue weighted by Crippen LogP contribution is 2.36. The summed E-state index contributed by atoms with van der Waals surface area (Å²) in [4.78, 5) is 12.1. The molecule has 1 aliphatic carbocycles. The van der Waals surface area contributed by atoms with Crippen LogP contribution in [0.2, 0.25) is 0 Å². The maximum absolute atomic E-state index is 13.1. The van der Waals surface area contributed by atoms with E-state index in [1.165, 1.54) is 5.56 Å². The molecule has 2 rings (SSSR count). The molecule has 1 aliphatic rings. The highest BCUT2D eigenvalue weighted by atomic mass is 79.9. The van der Waals surface area contributed by atoms with Crippen molar-refractivity contribution in [2.75, 3.05) is 10.6 Å². The Balaban J connectivity index is 1.90. The monoisotopic (exact) mass is 359 g/mol. The first-order chi connectivity index (χ1) is 10.00. The molecule has 116 valence electrons. The van der Waals surface area contributed by atoms with Gasteiger partial charge < -0.3 is 5.32 Å². The number of aryl methyl sites for hydroxylation is 1. The summed E-state index contributed by atoms with van der Waals surface area (Å²) in [6.45, 7) is 0. The predicted molar refractivity (Wildman–Crippen MR) is 84.1 cm³/mol. The highest BCUT2D eigenvalue weighted by molar-refractivity contribution is 9.09. The van der Waals surface area contributed by atoms with Crippen molar-refractivity contribution in [2.24, 2.45) is 5.92 Å². The van der Waals surface area contributed by atoms with Gasteiger partial charge in [0, 0.05) is 29.8 Å². The number of nitrogens with one attached hydrogen (secondary N) is 1. The molecule has 1 N–H and O–H groups in total. The summed E-state index contributed by atoms with van der Waals surface area (Å²) < 4.78 is 26.2. The number of rotatable bonds is 5. The van der Waals surface area contributed by atoms with Crippen molar-refractivity contribution in [3.05, 3.63) is 29.8 Å². The Morgan fingerprint density at radius 3 is 2.71 bits per heavy atom. The zero-order chi connectivity index (χ0) is 15.3. The molecule has 1 saturated carbocycles. The van der Waals surface area contributed by atoms with E-state index in [0.29, 0.717) is 0 Å². The van der Waals surface area contributed by atoms with Crippen LogP contribution in [-0.4, -0.2) is 17.2 Å². The van der Waals surface area contributed by atoms with Crippen LogP contribution in [0.5, 0.6) is 0 Å². The zero-order valence-corrected chi connectivity index (χ0v) is 13.5. The number of carbonyl (C=O) groups excluding carboxylic acids is 1. The van der Waals surface area contributed by atoms with Crippen LogP contribution in [-0.2, 0) is 11.2 Å². The smallest absolute Gasteiger partial charge is 0.248 e. The first kappa shape index (κ1) is 16.4. The molecular weight excluding hydrogens is 340 g/mol. The summed E-state index contributed by atoms with van der Waals surface area (Å²) in [6.07, 6.45) is 2.15. The molecule has 1 aromatic rings. The second-order valence-corrected chi connectivity index (χ2v) is 6.41. The number of benzene rings is 1. The van der Waals surface area contributed by atoms with E-state index in [4.69, 9.17) is 0 Å². The van der Waals surface area contributed by atoms with Crippen LogP contribution in [0.15, 0.2) is 24.3 Å². The lowest BCUT2D eigenvalue weighted by atomic mass is 9.86.